The molecule has 0 aromatic heterocycles. The Morgan fingerprint density at radius 1 is 1.60 bits per heavy atom. The normalized spacial score (nSPS) is 21.7. The number of rotatable bonds is 1. The quantitative estimate of drug-likeness (QED) is 0.581. The lowest BCUT2D eigenvalue weighted by atomic mass is 10.1. The molecule has 56 valence electrons. The van der Waals surface area contributed by atoms with Crippen LogP contribution in [0.15, 0.2) is 16.3 Å². The third-order valence-electron chi connectivity index (χ3n) is 1.18. The Morgan fingerprint density at radius 2 is 2.30 bits per heavy atom. The molecule has 0 aromatic carbocycles. The third kappa shape index (κ3) is 1.77. The van der Waals surface area contributed by atoms with Gasteiger partial charge in [-0.1, -0.05) is 0 Å². The highest BCUT2D eigenvalue weighted by atomic mass is 32.2. The second-order valence-corrected chi connectivity index (χ2v) is 3.47. The molecule has 0 unspecified atom stereocenters. The van der Waals surface area contributed by atoms with E-state index in [1.54, 1.807) is 18.0 Å². The highest BCUT2D eigenvalue weighted by molar-refractivity contribution is 8.02. The van der Waals surface area contributed by atoms with Gasteiger partial charge in [-0.3, -0.25) is 0 Å². The van der Waals surface area contributed by atoms with Gasteiger partial charge in [0.2, 0.25) is 0 Å². The van der Waals surface area contributed by atoms with Gasteiger partial charge in [0.1, 0.15) is 16.9 Å². The molecular weight excluding hydrogens is 146 g/mol. The topological polar surface area (TPSA) is 21.6 Å². The lowest BCUT2D eigenvalue weighted by Crippen LogP contribution is -2.25. The number of hydrogen-bond donors (Lipinski definition) is 0. The SMILES string of the molecule is CSC1=COC(C)(C)C=N1. The van der Waals surface area contributed by atoms with Crippen molar-refractivity contribution in [3.63, 3.8) is 0 Å². The van der Waals surface area contributed by atoms with E-state index in [-0.39, 0.29) is 5.60 Å². The maximum Gasteiger partial charge on any atom is 0.138 e. The largest absolute Gasteiger partial charge is 0.487 e. The minimum Gasteiger partial charge on any atom is -0.487 e. The van der Waals surface area contributed by atoms with Gasteiger partial charge in [0.15, 0.2) is 0 Å². The van der Waals surface area contributed by atoms with E-state index in [9.17, 15) is 0 Å². The van der Waals surface area contributed by atoms with E-state index in [2.05, 4.69) is 4.99 Å². The summed E-state index contributed by atoms with van der Waals surface area (Å²) >= 11 is 1.58. The van der Waals surface area contributed by atoms with Gasteiger partial charge in [-0.25, -0.2) is 4.99 Å². The number of aliphatic imine (C=N–C) groups is 1. The van der Waals surface area contributed by atoms with Crippen molar-refractivity contribution in [2.75, 3.05) is 6.26 Å². The summed E-state index contributed by atoms with van der Waals surface area (Å²) in [6, 6.07) is 0. The standard InChI is InChI=1S/C7H11NOS/c1-7(2)5-8-6(10-3)4-9-7/h4-5H,1-3H3. The van der Waals surface area contributed by atoms with E-state index in [4.69, 9.17) is 4.74 Å². The average molecular weight is 157 g/mol. The van der Waals surface area contributed by atoms with Crippen molar-refractivity contribution in [2.24, 2.45) is 4.99 Å². The van der Waals surface area contributed by atoms with Crippen LogP contribution in [-0.4, -0.2) is 18.1 Å². The highest BCUT2D eigenvalue weighted by Gasteiger charge is 2.17. The molecule has 1 aliphatic heterocycles. The fourth-order valence-electron chi connectivity index (χ4n) is 0.583. The van der Waals surface area contributed by atoms with Crippen LogP contribution in [0.2, 0.25) is 0 Å². The van der Waals surface area contributed by atoms with E-state index in [0.717, 1.165) is 5.03 Å². The number of thioether (sulfide) groups is 1. The molecule has 1 rings (SSSR count). The fraction of sp³-hybridized carbons (Fsp3) is 0.571. The zero-order valence-electron chi connectivity index (χ0n) is 6.42. The molecule has 0 bridgehead atoms. The van der Waals surface area contributed by atoms with Crippen LogP contribution in [0.25, 0.3) is 0 Å². The molecule has 0 atom stereocenters. The molecule has 0 saturated carbocycles. The lowest BCUT2D eigenvalue weighted by molar-refractivity contribution is 0.124. The van der Waals surface area contributed by atoms with Crippen LogP contribution >= 0.6 is 11.8 Å². The maximum atomic E-state index is 5.34. The first-order chi connectivity index (χ1) is 4.64. The van der Waals surface area contributed by atoms with E-state index in [1.165, 1.54) is 0 Å². The number of nitrogens with zero attached hydrogens (tertiary/aromatic N) is 1. The van der Waals surface area contributed by atoms with Crippen molar-refractivity contribution in [3.05, 3.63) is 11.3 Å². The Balaban J connectivity index is 2.63. The van der Waals surface area contributed by atoms with Crippen LogP contribution in [0, 0.1) is 0 Å². The molecule has 0 aliphatic carbocycles. The molecule has 3 heteroatoms. The fourth-order valence-corrected chi connectivity index (χ4v) is 0.885. The summed E-state index contributed by atoms with van der Waals surface area (Å²) in [6.45, 7) is 3.95. The molecule has 0 amide bonds. The van der Waals surface area contributed by atoms with Gasteiger partial charge >= 0.3 is 0 Å². The Labute approximate surface area is 65.4 Å². The van der Waals surface area contributed by atoms with Gasteiger partial charge in [-0.2, -0.15) is 0 Å². The summed E-state index contributed by atoms with van der Waals surface area (Å²) in [6.07, 6.45) is 5.49. The zero-order chi connectivity index (χ0) is 7.61. The first-order valence-electron chi connectivity index (χ1n) is 3.11. The average Bonchev–Trinajstić information content (AvgIpc) is 1.88. The second-order valence-electron chi connectivity index (χ2n) is 2.64. The molecule has 0 aromatic rings. The summed E-state index contributed by atoms with van der Waals surface area (Å²) in [5, 5.41) is 0.930. The predicted octanol–water partition coefficient (Wildman–Crippen LogP) is 2.03. The highest BCUT2D eigenvalue weighted by Crippen LogP contribution is 2.20. The number of ether oxygens (including phenoxy) is 1. The maximum absolute atomic E-state index is 5.34. The van der Waals surface area contributed by atoms with Crippen molar-refractivity contribution in [1.29, 1.82) is 0 Å². The minimum atomic E-state index is -0.223. The van der Waals surface area contributed by atoms with Crippen molar-refractivity contribution < 1.29 is 4.74 Å². The van der Waals surface area contributed by atoms with E-state index in [1.807, 2.05) is 26.3 Å². The van der Waals surface area contributed by atoms with Crippen LogP contribution in [-0.2, 0) is 4.74 Å². The van der Waals surface area contributed by atoms with Gasteiger partial charge < -0.3 is 4.74 Å². The van der Waals surface area contributed by atoms with Crippen molar-refractivity contribution >= 4 is 18.0 Å². The molecule has 0 saturated heterocycles. The molecule has 0 N–H and O–H groups in total. The molecule has 1 heterocycles. The van der Waals surface area contributed by atoms with E-state index < -0.39 is 0 Å². The monoisotopic (exact) mass is 157 g/mol. The van der Waals surface area contributed by atoms with Gasteiger partial charge in [-0.05, 0) is 20.1 Å². The second kappa shape index (κ2) is 2.66. The summed E-state index contributed by atoms with van der Waals surface area (Å²) < 4.78 is 5.34. The Morgan fingerprint density at radius 3 is 2.70 bits per heavy atom. The Bertz CT molecular complexity index is 184. The van der Waals surface area contributed by atoms with Crippen LogP contribution in [0.4, 0.5) is 0 Å². The van der Waals surface area contributed by atoms with Gasteiger partial charge in [-0.15, -0.1) is 11.8 Å². The third-order valence-corrected chi connectivity index (χ3v) is 1.80. The first kappa shape index (κ1) is 7.66. The molecule has 2 nitrogen and oxygen atoms in total. The number of hydrogen-bond acceptors (Lipinski definition) is 3. The first-order valence-corrected chi connectivity index (χ1v) is 4.34. The van der Waals surface area contributed by atoms with Crippen LogP contribution in [0.1, 0.15) is 13.8 Å². The minimum absolute atomic E-state index is 0.223. The van der Waals surface area contributed by atoms with E-state index >= 15 is 0 Å². The van der Waals surface area contributed by atoms with Gasteiger partial charge in [0, 0.05) is 6.21 Å². The van der Waals surface area contributed by atoms with Crippen LogP contribution in [0.5, 0.6) is 0 Å². The summed E-state index contributed by atoms with van der Waals surface area (Å²) in [5.41, 5.74) is -0.223. The van der Waals surface area contributed by atoms with Crippen LogP contribution in [0.3, 0.4) is 0 Å². The Hall–Kier alpha value is -0.440. The van der Waals surface area contributed by atoms with Crippen molar-refractivity contribution in [1.82, 2.24) is 0 Å². The van der Waals surface area contributed by atoms with Gasteiger partial charge in [0.25, 0.3) is 0 Å². The molecule has 1 aliphatic rings. The summed E-state index contributed by atoms with van der Waals surface area (Å²) in [7, 11) is 0. The summed E-state index contributed by atoms with van der Waals surface area (Å²) in [4.78, 5) is 4.17. The van der Waals surface area contributed by atoms with Crippen molar-refractivity contribution in [2.45, 2.75) is 19.4 Å². The van der Waals surface area contributed by atoms with Crippen molar-refractivity contribution in [3.8, 4) is 0 Å². The van der Waals surface area contributed by atoms with Gasteiger partial charge in [0.05, 0.1) is 0 Å². The van der Waals surface area contributed by atoms with E-state index in [0.29, 0.717) is 0 Å². The molecular formula is C7H11NOS. The smallest absolute Gasteiger partial charge is 0.138 e. The lowest BCUT2D eigenvalue weighted by Gasteiger charge is -2.22. The predicted molar refractivity (Wildman–Crippen MR) is 45.3 cm³/mol. The summed E-state index contributed by atoms with van der Waals surface area (Å²) in [5.74, 6) is 0. The molecule has 10 heavy (non-hydrogen) atoms. The molecule has 0 spiro atoms. The molecule has 0 radical (unpaired) electrons. The Kier molecular flexibility index (Phi) is 2.04. The van der Waals surface area contributed by atoms with Crippen LogP contribution < -0.4 is 0 Å². The molecule has 0 fully saturated rings. The zero-order valence-corrected chi connectivity index (χ0v) is 7.23.